The molecule has 0 saturated carbocycles. The normalized spacial score (nSPS) is 26.3. The molecule has 2 aliphatic heterocycles. The van der Waals surface area contributed by atoms with Crippen LogP contribution in [0.15, 0.2) is 23.8 Å². The predicted octanol–water partition coefficient (Wildman–Crippen LogP) is -0.216. The van der Waals surface area contributed by atoms with Gasteiger partial charge in [-0.1, -0.05) is 0 Å². The highest BCUT2D eigenvalue weighted by molar-refractivity contribution is 5.96. The first kappa shape index (κ1) is 26.1. The third kappa shape index (κ3) is 4.96. The number of benzene rings is 1. The van der Waals surface area contributed by atoms with Crippen molar-refractivity contribution >= 4 is 18.1 Å². The molecular weight excluding hydrogens is 472 g/mol. The van der Waals surface area contributed by atoms with Crippen molar-refractivity contribution in [2.75, 3.05) is 47.1 Å². The summed E-state index contributed by atoms with van der Waals surface area (Å²) in [5.41, 5.74) is 1.12. The summed E-state index contributed by atoms with van der Waals surface area (Å²) in [5, 5.41) is 23.4. The summed E-state index contributed by atoms with van der Waals surface area (Å²) in [5.74, 6) is -0.930. The van der Waals surface area contributed by atoms with Crippen LogP contribution in [0.4, 0.5) is 0 Å². The minimum absolute atomic E-state index is 0.0222. The first-order chi connectivity index (χ1) is 17.4. The van der Waals surface area contributed by atoms with E-state index < -0.39 is 30.1 Å². The van der Waals surface area contributed by atoms with Crippen LogP contribution in [0.3, 0.4) is 0 Å². The van der Waals surface area contributed by atoms with E-state index in [0.717, 1.165) is 12.8 Å². The van der Waals surface area contributed by atoms with Crippen LogP contribution in [-0.4, -0.2) is 105 Å². The summed E-state index contributed by atoms with van der Waals surface area (Å²) >= 11 is 0. The monoisotopic (exact) mass is 504 g/mol. The molecule has 0 spiro atoms. The smallest absolute Gasteiger partial charge is 0.249 e. The van der Waals surface area contributed by atoms with Gasteiger partial charge in [0.1, 0.15) is 25.1 Å². The molecule has 4 rings (SSSR count). The first-order valence-electron chi connectivity index (χ1n) is 12.0. The summed E-state index contributed by atoms with van der Waals surface area (Å²) < 4.78 is 22.4. The molecule has 3 N–H and O–H groups in total. The zero-order chi connectivity index (χ0) is 25.8. The van der Waals surface area contributed by atoms with Gasteiger partial charge in [0.25, 0.3) is 0 Å². The molecule has 5 unspecified atom stereocenters. The summed E-state index contributed by atoms with van der Waals surface area (Å²) in [4.78, 5) is 39.4. The summed E-state index contributed by atoms with van der Waals surface area (Å²) in [6, 6.07) is 2.23. The number of fused-ring (bicyclic) bond motifs is 3. The Balaban J connectivity index is 1.78. The molecule has 0 bridgehead atoms. The van der Waals surface area contributed by atoms with E-state index in [0.29, 0.717) is 35.5 Å². The lowest BCUT2D eigenvalue weighted by Crippen LogP contribution is -2.57. The lowest BCUT2D eigenvalue weighted by atomic mass is 9.77. The van der Waals surface area contributed by atoms with Gasteiger partial charge in [0.05, 0.1) is 31.8 Å². The van der Waals surface area contributed by atoms with Crippen LogP contribution in [0.25, 0.3) is 0 Å². The van der Waals surface area contributed by atoms with Gasteiger partial charge in [0.2, 0.25) is 11.8 Å². The minimum Gasteiger partial charge on any atom is -0.493 e. The maximum absolute atomic E-state index is 13.3. The molecule has 1 aliphatic carbocycles. The number of carbonyl (C=O) groups is 3. The van der Waals surface area contributed by atoms with Crippen LogP contribution in [0.1, 0.15) is 34.7 Å². The van der Waals surface area contributed by atoms with Crippen LogP contribution in [0.2, 0.25) is 0 Å². The van der Waals surface area contributed by atoms with E-state index in [9.17, 15) is 24.6 Å². The quantitative estimate of drug-likeness (QED) is 0.369. The highest BCUT2D eigenvalue weighted by atomic mass is 16.5. The fraction of sp³-hybridized carbons (Fsp3) is 0.560. The van der Waals surface area contributed by atoms with Crippen LogP contribution >= 0.6 is 0 Å². The number of ether oxygens (including phenoxy) is 4. The molecule has 36 heavy (non-hydrogen) atoms. The number of methoxy groups -OCH3 is 2. The van der Waals surface area contributed by atoms with E-state index in [1.807, 2.05) is 0 Å². The van der Waals surface area contributed by atoms with Gasteiger partial charge in [-0.2, -0.15) is 0 Å². The molecule has 196 valence electrons. The predicted molar refractivity (Wildman–Crippen MR) is 126 cm³/mol. The SMILES string of the molecule is COCC(=O)N(CC1CCCO1)C1C=C(C(=O)NCCO)C2c3cc(C=O)cc(OC)c3OC2C1O. The van der Waals surface area contributed by atoms with Gasteiger partial charge in [0.15, 0.2) is 11.5 Å². The lowest BCUT2D eigenvalue weighted by molar-refractivity contribution is -0.143. The number of amides is 2. The molecule has 11 heteroatoms. The average molecular weight is 505 g/mol. The van der Waals surface area contributed by atoms with Crippen molar-refractivity contribution in [3.05, 3.63) is 34.9 Å². The fourth-order valence-electron chi connectivity index (χ4n) is 5.16. The highest BCUT2D eigenvalue weighted by Crippen LogP contribution is 2.51. The Hall–Kier alpha value is -2.99. The van der Waals surface area contributed by atoms with E-state index in [1.54, 1.807) is 12.1 Å². The Bertz CT molecular complexity index is 1020. The fourth-order valence-corrected chi connectivity index (χ4v) is 5.16. The van der Waals surface area contributed by atoms with Gasteiger partial charge < -0.3 is 39.4 Å². The first-order valence-corrected chi connectivity index (χ1v) is 12.0. The number of aliphatic hydroxyl groups is 2. The number of carbonyl (C=O) groups excluding carboxylic acids is 3. The Labute approximate surface area is 208 Å². The number of nitrogens with one attached hydrogen (secondary N) is 1. The number of hydrogen-bond donors (Lipinski definition) is 3. The van der Waals surface area contributed by atoms with Gasteiger partial charge in [-0.3, -0.25) is 14.4 Å². The third-order valence-corrected chi connectivity index (χ3v) is 6.78. The van der Waals surface area contributed by atoms with Gasteiger partial charge in [-0.15, -0.1) is 0 Å². The van der Waals surface area contributed by atoms with Gasteiger partial charge in [0, 0.05) is 43.5 Å². The zero-order valence-electron chi connectivity index (χ0n) is 20.3. The topological polar surface area (TPSA) is 144 Å². The molecule has 2 heterocycles. The number of aldehydes is 1. The Morgan fingerprint density at radius 1 is 1.31 bits per heavy atom. The van der Waals surface area contributed by atoms with Crippen LogP contribution < -0.4 is 14.8 Å². The van der Waals surface area contributed by atoms with Crippen LogP contribution in [0, 0.1) is 0 Å². The molecule has 2 amide bonds. The van der Waals surface area contributed by atoms with Crippen molar-refractivity contribution in [2.24, 2.45) is 0 Å². The van der Waals surface area contributed by atoms with Crippen molar-refractivity contribution in [2.45, 2.75) is 43.1 Å². The van der Waals surface area contributed by atoms with Crippen LogP contribution in [0.5, 0.6) is 11.5 Å². The molecule has 5 atom stereocenters. The van der Waals surface area contributed by atoms with E-state index in [2.05, 4.69) is 5.32 Å². The molecule has 0 aromatic heterocycles. The van der Waals surface area contributed by atoms with Crippen molar-refractivity contribution in [1.29, 1.82) is 0 Å². The molecule has 0 radical (unpaired) electrons. The molecule has 3 aliphatic rings. The second-order valence-electron chi connectivity index (χ2n) is 9.02. The number of rotatable bonds is 10. The van der Waals surface area contributed by atoms with E-state index in [-0.39, 0.29) is 43.9 Å². The van der Waals surface area contributed by atoms with Gasteiger partial charge in [-0.25, -0.2) is 0 Å². The maximum atomic E-state index is 13.3. The maximum Gasteiger partial charge on any atom is 0.249 e. The molecule has 1 aromatic rings. The van der Waals surface area contributed by atoms with Crippen molar-refractivity contribution in [1.82, 2.24) is 10.2 Å². The number of aliphatic hydroxyl groups excluding tert-OH is 2. The Morgan fingerprint density at radius 2 is 2.11 bits per heavy atom. The largest absolute Gasteiger partial charge is 0.493 e. The Kier molecular flexibility index (Phi) is 8.24. The molecule has 1 aromatic carbocycles. The Morgan fingerprint density at radius 3 is 2.75 bits per heavy atom. The van der Waals surface area contributed by atoms with Gasteiger partial charge >= 0.3 is 0 Å². The van der Waals surface area contributed by atoms with E-state index >= 15 is 0 Å². The molecule has 1 saturated heterocycles. The van der Waals surface area contributed by atoms with E-state index in [1.165, 1.54) is 25.2 Å². The summed E-state index contributed by atoms with van der Waals surface area (Å²) in [6.07, 6.45) is 1.54. The second-order valence-corrected chi connectivity index (χ2v) is 9.02. The zero-order valence-corrected chi connectivity index (χ0v) is 20.3. The van der Waals surface area contributed by atoms with Crippen molar-refractivity contribution in [3.63, 3.8) is 0 Å². The van der Waals surface area contributed by atoms with Crippen molar-refractivity contribution in [3.8, 4) is 11.5 Å². The number of hydrogen-bond acceptors (Lipinski definition) is 9. The minimum atomic E-state index is -1.21. The summed E-state index contributed by atoms with van der Waals surface area (Å²) in [7, 11) is 2.85. The standard InChI is InChI=1S/C25H32N2O9/c1-33-13-20(30)27(11-15-4-3-7-35-15)18-10-17(25(32)26-5-6-28)21-16-8-14(12-29)9-19(34-2)23(16)36-24(21)22(18)31/h8-10,12,15,18,21-22,24,28,31H,3-7,11,13H2,1-2H3,(H,26,32). The van der Waals surface area contributed by atoms with Gasteiger partial charge in [-0.05, 0) is 31.1 Å². The molecular formula is C25H32N2O9. The number of nitrogens with zero attached hydrogens (tertiary/aromatic N) is 1. The van der Waals surface area contributed by atoms with Crippen molar-refractivity contribution < 1.29 is 43.5 Å². The second kappa shape index (κ2) is 11.4. The average Bonchev–Trinajstić information content (AvgIpc) is 3.54. The summed E-state index contributed by atoms with van der Waals surface area (Å²) in [6.45, 7) is 0.370. The molecule has 11 nitrogen and oxygen atoms in total. The molecule has 1 fully saturated rings. The van der Waals surface area contributed by atoms with E-state index in [4.69, 9.17) is 18.9 Å². The lowest BCUT2D eigenvalue weighted by Gasteiger charge is -2.41. The highest BCUT2D eigenvalue weighted by Gasteiger charge is 2.51. The van der Waals surface area contributed by atoms with Crippen LogP contribution in [-0.2, 0) is 19.1 Å². The third-order valence-electron chi connectivity index (χ3n) is 6.78.